The zero-order valence-electron chi connectivity index (χ0n) is 14.0. The smallest absolute Gasteiger partial charge is 0.333 e. The van der Waals surface area contributed by atoms with Crippen molar-refractivity contribution in [2.24, 2.45) is 0 Å². The topological polar surface area (TPSA) is 52.6 Å². The van der Waals surface area contributed by atoms with Gasteiger partial charge in [-0.2, -0.15) is 11.8 Å². The molecule has 4 nitrogen and oxygen atoms in total. The second-order valence-corrected chi connectivity index (χ2v) is 6.24. The van der Waals surface area contributed by atoms with Gasteiger partial charge in [0, 0.05) is 5.57 Å². The first-order valence-corrected chi connectivity index (χ1v) is 9.50. The average molecular weight is 330 g/mol. The number of unbranched alkanes of at least 4 members (excludes halogenated alkanes) is 5. The Kier molecular flexibility index (Phi) is 14.3. The van der Waals surface area contributed by atoms with Gasteiger partial charge in [-0.1, -0.05) is 45.6 Å². The summed E-state index contributed by atoms with van der Waals surface area (Å²) in [6.45, 7) is 6.56. The van der Waals surface area contributed by atoms with Crippen molar-refractivity contribution in [1.82, 2.24) is 0 Å². The second-order valence-electron chi connectivity index (χ2n) is 5.25. The number of carbonyl (C=O) groups is 2. The average Bonchev–Trinajstić information content (AvgIpc) is 2.50. The quantitative estimate of drug-likeness (QED) is 0.272. The van der Waals surface area contributed by atoms with Gasteiger partial charge in [-0.15, -0.1) is 0 Å². The molecular formula is C17H30O4S. The molecule has 0 aliphatic heterocycles. The van der Waals surface area contributed by atoms with Crippen LogP contribution in [0.2, 0.25) is 0 Å². The maximum absolute atomic E-state index is 11.6. The summed E-state index contributed by atoms with van der Waals surface area (Å²) in [7, 11) is 0. The number of carbonyl (C=O) groups excluding carboxylic acids is 2. The van der Waals surface area contributed by atoms with Crippen molar-refractivity contribution in [2.75, 3.05) is 25.2 Å². The highest BCUT2D eigenvalue weighted by Crippen LogP contribution is 2.07. The van der Waals surface area contributed by atoms with Gasteiger partial charge in [0.25, 0.3) is 0 Å². The molecule has 0 unspecified atom stereocenters. The molecule has 0 amide bonds. The molecule has 0 radical (unpaired) electrons. The van der Waals surface area contributed by atoms with Gasteiger partial charge in [0.1, 0.15) is 0 Å². The van der Waals surface area contributed by atoms with Gasteiger partial charge in [-0.05, 0) is 24.9 Å². The van der Waals surface area contributed by atoms with Crippen molar-refractivity contribution in [1.29, 1.82) is 0 Å². The van der Waals surface area contributed by atoms with Crippen molar-refractivity contribution in [3.63, 3.8) is 0 Å². The van der Waals surface area contributed by atoms with Crippen LogP contribution in [0.4, 0.5) is 0 Å². The number of hydrogen-bond acceptors (Lipinski definition) is 5. The van der Waals surface area contributed by atoms with Crippen molar-refractivity contribution in [2.45, 2.75) is 58.3 Å². The van der Waals surface area contributed by atoms with E-state index in [9.17, 15) is 9.59 Å². The second kappa shape index (κ2) is 14.9. The molecule has 22 heavy (non-hydrogen) atoms. The van der Waals surface area contributed by atoms with Gasteiger partial charge in [0.15, 0.2) is 0 Å². The van der Waals surface area contributed by atoms with E-state index in [0.717, 1.165) is 25.0 Å². The molecule has 0 spiro atoms. The van der Waals surface area contributed by atoms with Crippen LogP contribution in [-0.2, 0) is 19.1 Å². The molecule has 0 heterocycles. The minimum atomic E-state index is -0.502. The van der Waals surface area contributed by atoms with Crippen molar-refractivity contribution >= 4 is 23.7 Å². The fourth-order valence-electron chi connectivity index (χ4n) is 1.84. The molecule has 0 aliphatic carbocycles. The summed E-state index contributed by atoms with van der Waals surface area (Å²) in [5, 5.41) is 0. The van der Waals surface area contributed by atoms with E-state index < -0.39 is 11.9 Å². The molecule has 0 aromatic heterocycles. The molecule has 0 aliphatic rings. The largest absolute Gasteiger partial charge is 0.465 e. The highest BCUT2D eigenvalue weighted by Gasteiger charge is 2.13. The summed E-state index contributed by atoms with van der Waals surface area (Å²) < 4.78 is 10.1. The monoisotopic (exact) mass is 330 g/mol. The van der Waals surface area contributed by atoms with E-state index >= 15 is 0 Å². The van der Waals surface area contributed by atoms with Crippen LogP contribution in [0, 0.1) is 0 Å². The number of rotatable bonds is 14. The maximum Gasteiger partial charge on any atom is 0.333 e. The Morgan fingerprint density at radius 3 is 2.27 bits per heavy atom. The zero-order valence-corrected chi connectivity index (χ0v) is 14.8. The molecule has 0 aromatic rings. The van der Waals surface area contributed by atoms with Crippen LogP contribution in [0.1, 0.15) is 58.3 Å². The highest BCUT2D eigenvalue weighted by molar-refractivity contribution is 7.98. The van der Waals surface area contributed by atoms with Crippen molar-refractivity contribution in [3.8, 4) is 0 Å². The van der Waals surface area contributed by atoms with Gasteiger partial charge in [-0.25, -0.2) is 4.79 Å². The SMILES string of the molecule is C=C(CC(=O)OCCCCCCCC)C(=O)OCCCSC. The fraction of sp³-hybridized carbons (Fsp3) is 0.765. The lowest BCUT2D eigenvalue weighted by Crippen LogP contribution is -2.14. The molecule has 0 atom stereocenters. The molecule has 5 heteroatoms. The third-order valence-electron chi connectivity index (χ3n) is 3.13. The third kappa shape index (κ3) is 12.7. The molecule has 0 saturated heterocycles. The Morgan fingerprint density at radius 2 is 1.59 bits per heavy atom. The first kappa shape index (κ1) is 21.0. The van der Waals surface area contributed by atoms with Gasteiger partial charge < -0.3 is 9.47 Å². The predicted octanol–water partition coefficient (Wildman–Crippen LogP) is 4.13. The van der Waals surface area contributed by atoms with Gasteiger partial charge in [-0.3, -0.25) is 4.79 Å². The van der Waals surface area contributed by atoms with Crippen LogP contribution >= 0.6 is 11.8 Å². The fourth-order valence-corrected chi connectivity index (χ4v) is 2.24. The van der Waals surface area contributed by atoms with E-state index in [1.165, 1.54) is 25.7 Å². The number of esters is 2. The first-order chi connectivity index (χ1) is 10.6. The number of thioether (sulfide) groups is 1. The van der Waals surface area contributed by atoms with Crippen LogP contribution in [0.5, 0.6) is 0 Å². The third-order valence-corrected chi connectivity index (χ3v) is 3.83. The first-order valence-electron chi connectivity index (χ1n) is 8.11. The summed E-state index contributed by atoms with van der Waals surface area (Å²) in [6, 6.07) is 0. The summed E-state index contributed by atoms with van der Waals surface area (Å²) in [5.41, 5.74) is 0.164. The molecule has 0 aromatic carbocycles. The van der Waals surface area contributed by atoms with Crippen LogP contribution < -0.4 is 0 Å². The Labute approximate surface area is 139 Å². The summed E-state index contributed by atoms with van der Waals surface area (Å²) in [6.07, 6.45) is 9.58. The Morgan fingerprint density at radius 1 is 0.955 bits per heavy atom. The Bertz CT molecular complexity index is 329. The standard InChI is InChI=1S/C17H30O4S/c1-4-5-6-7-8-9-11-20-16(18)14-15(2)17(19)21-12-10-13-22-3/h2,4-14H2,1,3H3. The minimum Gasteiger partial charge on any atom is -0.465 e. The minimum absolute atomic E-state index is 0.0861. The molecule has 0 N–H and O–H groups in total. The van der Waals surface area contributed by atoms with Crippen LogP contribution in [0.15, 0.2) is 12.2 Å². The zero-order chi connectivity index (χ0) is 16.6. The summed E-state index contributed by atoms with van der Waals surface area (Å²) in [5.74, 6) is 0.0392. The van der Waals surface area contributed by atoms with Crippen LogP contribution in [0.3, 0.4) is 0 Å². The van der Waals surface area contributed by atoms with Gasteiger partial charge in [0.2, 0.25) is 0 Å². The lowest BCUT2D eigenvalue weighted by Gasteiger charge is -2.07. The normalized spacial score (nSPS) is 10.3. The van der Waals surface area contributed by atoms with E-state index in [0.29, 0.717) is 13.2 Å². The van der Waals surface area contributed by atoms with Crippen LogP contribution in [0.25, 0.3) is 0 Å². The molecule has 0 bridgehead atoms. The Balaban J connectivity index is 3.60. The summed E-state index contributed by atoms with van der Waals surface area (Å²) in [4.78, 5) is 23.2. The van der Waals surface area contributed by atoms with Crippen molar-refractivity contribution < 1.29 is 19.1 Å². The van der Waals surface area contributed by atoms with Gasteiger partial charge >= 0.3 is 11.9 Å². The molecular weight excluding hydrogens is 300 g/mol. The highest BCUT2D eigenvalue weighted by atomic mass is 32.2. The van der Waals surface area contributed by atoms with Crippen molar-refractivity contribution in [3.05, 3.63) is 12.2 Å². The lowest BCUT2D eigenvalue weighted by atomic mass is 10.1. The van der Waals surface area contributed by atoms with E-state index in [2.05, 4.69) is 13.5 Å². The maximum atomic E-state index is 11.6. The van der Waals surface area contributed by atoms with E-state index in [1.54, 1.807) is 11.8 Å². The van der Waals surface area contributed by atoms with Crippen LogP contribution in [-0.4, -0.2) is 37.2 Å². The Hall–Kier alpha value is -0.970. The predicted molar refractivity (Wildman–Crippen MR) is 92.1 cm³/mol. The molecule has 0 saturated carbocycles. The number of hydrogen-bond donors (Lipinski definition) is 0. The molecule has 128 valence electrons. The lowest BCUT2D eigenvalue weighted by molar-refractivity contribution is -0.146. The number of ether oxygens (including phenoxy) is 2. The van der Waals surface area contributed by atoms with E-state index in [-0.39, 0.29) is 12.0 Å². The molecule has 0 rings (SSSR count). The summed E-state index contributed by atoms with van der Waals surface area (Å²) >= 11 is 1.70. The van der Waals surface area contributed by atoms with E-state index in [1.807, 2.05) is 6.26 Å². The molecule has 0 fully saturated rings. The van der Waals surface area contributed by atoms with Gasteiger partial charge in [0.05, 0.1) is 19.6 Å². The van der Waals surface area contributed by atoms with E-state index in [4.69, 9.17) is 9.47 Å².